The first-order chi connectivity index (χ1) is 12.5. The number of nitrogens with zero attached hydrogens (tertiary/aromatic N) is 1. The number of benzene rings is 2. The smallest absolute Gasteiger partial charge is 0.287 e. The van der Waals surface area contributed by atoms with Crippen LogP contribution in [0.5, 0.6) is 0 Å². The van der Waals surface area contributed by atoms with Crippen LogP contribution in [0.4, 0.5) is 13.2 Å². The van der Waals surface area contributed by atoms with E-state index in [1.54, 1.807) is 19.9 Å². The second-order valence-corrected chi connectivity index (χ2v) is 8.39. The maximum absolute atomic E-state index is 14.2. The van der Waals surface area contributed by atoms with Crippen LogP contribution in [0.3, 0.4) is 0 Å². The summed E-state index contributed by atoms with van der Waals surface area (Å²) in [5.74, 6) is -0.175. The van der Waals surface area contributed by atoms with E-state index in [0.717, 1.165) is 15.8 Å². The van der Waals surface area contributed by atoms with Gasteiger partial charge in [-0.3, -0.25) is 10.2 Å². The van der Waals surface area contributed by atoms with Crippen LogP contribution < -0.4 is 5.43 Å². The molecule has 3 nitrogen and oxygen atoms in total. The fourth-order valence-corrected chi connectivity index (χ4v) is 3.67. The molecular weight excluding hydrogens is 353 g/mol. The minimum absolute atomic E-state index is 0.00392. The summed E-state index contributed by atoms with van der Waals surface area (Å²) in [6.07, 6.45) is -3.97. The second-order valence-electron chi connectivity index (χ2n) is 8.39. The summed E-state index contributed by atoms with van der Waals surface area (Å²) in [7, 11) is 0. The Bertz CT molecular complexity index is 858. The van der Waals surface area contributed by atoms with Crippen molar-refractivity contribution in [1.82, 2.24) is 10.4 Å². The number of halogens is 3. The standard InChI is InChI=1S/C21H25F3N2O/c1-13(2)9-16-10-14-7-5-6-8-15(14)11-17(16)18(21(22,23)24)26-12-20(3,4)19(27)25-26/h5-8,10-11,13,18H,9,12H2,1-4H3,(H,25,27)/t18-/m0/s1. The number of hydrogen-bond donors (Lipinski definition) is 1. The first kappa shape index (κ1) is 19.7. The largest absolute Gasteiger partial charge is 0.409 e. The molecule has 3 rings (SSSR count). The van der Waals surface area contributed by atoms with Crippen LogP contribution in [0.2, 0.25) is 0 Å². The molecule has 1 N–H and O–H groups in total. The summed E-state index contributed by atoms with van der Waals surface area (Å²) in [5, 5.41) is 2.73. The molecule has 0 radical (unpaired) electrons. The summed E-state index contributed by atoms with van der Waals surface area (Å²) in [6.45, 7) is 7.30. The van der Waals surface area contributed by atoms with Gasteiger partial charge in [0, 0.05) is 6.54 Å². The van der Waals surface area contributed by atoms with Gasteiger partial charge >= 0.3 is 6.18 Å². The average Bonchev–Trinajstić information content (AvgIpc) is 2.78. The molecule has 2 aromatic rings. The van der Waals surface area contributed by atoms with Crippen LogP contribution in [0, 0.1) is 11.3 Å². The highest BCUT2D eigenvalue weighted by molar-refractivity contribution is 5.85. The zero-order valence-corrected chi connectivity index (χ0v) is 16.0. The third-order valence-corrected chi connectivity index (χ3v) is 4.98. The maximum Gasteiger partial charge on any atom is 0.409 e. The van der Waals surface area contributed by atoms with E-state index >= 15 is 0 Å². The van der Waals surface area contributed by atoms with E-state index in [1.165, 1.54) is 0 Å². The van der Waals surface area contributed by atoms with Crippen LogP contribution in [0.25, 0.3) is 10.8 Å². The summed E-state index contributed by atoms with van der Waals surface area (Å²) in [6, 6.07) is 9.03. The van der Waals surface area contributed by atoms with Gasteiger partial charge in [0.2, 0.25) is 5.91 Å². The lowest BCUT2D eigenvalue weighted by atomic mass is 9.89. The minimum atomic E-state index is -4.51. The Balaban J connectivity index is 2.16. The number of carbonyl (C=O) groups excluding carboxylic acids is 1. The van der Waals surface area contributed by atoms with Crippen LogP contribution in [-0.2, 0) is 11.2 Å². The topological polar surface area (TPSA) is 32.3 Å². The van der Waals surface area contributed by atoms with Gasteiger partial charge in [0.1, 0.15) is 6.04 Å². The molecule has 0 spiro atoms. The lowest BCUT2D eigenvalue weighted by Gasteiger charge is -2.32. The molecule has 0 bridgehead atoms. The van der Waals surface area contributed by atoms with Gasteiger partial charge in [-0.2, -0.15) is 13.2 Å². The molecule has 2 aromatic carbocycles. The van der Waals surface area contributed by atoms with Gasteiger partial charge in [-0.05, 0) is 54.2 Å². The van der Waals surface area contributed by atoms with Gasteiger partial charge in [0.25, 0.3) is 0 Å². The number of alkyl halides is 3. The first-order valence-electron chi connectivity index (χ1n) is 9.15. The van der Waals surface area contributed by atoms with Gasteiger partial charge in [-0.15, -0.1) is 0 Å². The Kier molecular flexibility index (Phi) is 4.97. The molecule has 1 amide bonds. The minimum Gasteiger partial charge on any atom is -0.287 e. The van der Waals surface area contributed by atoms with Crippen molar-refractivity contribution in [2.75, 3.05) is 6.54 Å². The van der Waals surface area contributed by atoms with Crippen LogP contribution in [0.1, 0.15) is 44.9 Å². The fraction of sp³-hybridized carbons (Fsp3) is 0.476. The number of carbonyl (C=O) groups is 1. The van der Waals surface area contributed by atoms with E-state index in [4.69, 9.17) is 0 Å². The van der Waals surface area contributed by atoms with Crippen molar-refractivity contribution in [2.24, 2.45) is 11.3 Å². The van der Waals surface area contributed by atoms with Gasteiger partial charge in [0.05, 0.1) is 5.41 Å². The van der Waals surface area contributed by atoms with Crippen molar-refractivity contribution < 1.29 is 18.0 Å². The van der Waals surface area contributed by atoms with E-state index in [9.17, 15) is 18.0 Å². The van der Waals surface area contributed by atoms with Crippen molar-refractivity contribution in [2.45, 2.75) is 46.3 Å². The average molecular weight is 378 g/mol. The number of nitrogens with one attached hydrogen (secondary N) is 1. The highest BCUT2D eigenvalue weighted by Gasteiger charge is 2.51. The number of hydrazine groups is 1. The molecule has 0 saturated carbocycles. The quantitative estimate of drug-likeness (QED) is 0.811. The van der Waals surface area contributed by atoms with Crippen LogP contribution in [0.15, 0.2) is 36.4 Å². The van der Waals surface area contributed by atoms with Crippen molar-refractivity contribution >= 4 is 16.7 Å². The van der Waals surface area contributed by atoms with E-state index in [0.29, 0.717) is 12.0 Å². The Morgan fingerprint density at radius 3 is 2.22 bits per heavy atom. The molecule has 146 valence electrons. The molecular formula is C21H25F3N2O. The van der Waals surface area contributed by atoms with Gasteiger partial charge < -0.3 is 0 Å². The molecule has 1 aliphatic heterocycles. The highest BCUT2D eigenvalue weighted by Crippen LogP contribution is 2.43. The molecule has 0 aliphatic carbocycles. The normalized spacial score (nSPS) is 18.9. The van der Waals surface area contributed by atoms with Gasteiger partial charge in [-0.1, -0.05) is 44.2 Å². The number of rotatable bonds is 4. The Morgan fingerprint density at radius 1 is 1.15 bits per heavy atom. The lowest BCUT2D eigenvalue weighted by Crippen LogP contribution is -2.44. The third-order valence-electron chi connectivity index (χ3n) is 4.98. The Hall–Kier alpha value is -2.08. The SMILES string of the molecule is CC(C)Cc1cc2ccccc2cc1[C@H](N1CC(C)(C)C(=O)N1)C(F)(F)F. The van der Waals surface area contributed by atoms with E-state index in [-0.39, 0.29) is 23.9 Å². The molecule has 6 heteroatoms. The molecule has 1 aliphatic rings. The zero-order valence-electron chi connectivity index (χ0n) is 16.0. The monoisotopic (exact) mass is 378 g/mol. The summed E-state index contributed by atoms with van der Waals surface area (Å²) in [5.41, 5.74) is 2.48. The molecule has 27 heavy (non-hydrogen) atoms. The number of amides is 1. The van der Waals surface area contributed by atoms with Crippen molar-refractivity contribution in [1.29, 1.82) is 0 Å². The first-order valence-corrected chi connectivity index (χ1v) is 9.15. The third kappa shape index (κ3) is 3.95. The fourth-order valence-electron chi connectivity index (χ4n) is 3.67. The number of hydrogen-bond acceptors (Lipinski definition) is 2. The molecule has 1 heterocycles. The van der Waals surface area contributed by atoms with Crippen LogP contribution >= 0.6 is 0 Å². The van der Waals surface area contributed by atoms with Crippen molar-refractivity contribution in [3.8, 4) is 0 Å². The molecule has 0 aromatic heterocycles. The Morgan fingerprint density at radius 2 is 1.74 bits per heavy atom. The van der Waals surface area contributed by atoms with Gasteiger partial charge in [-0.25, -0.2) is 5.01 Å². The summed E-state index contributed by atoms with van der Waals surface area (Å²) >= 11 is 0. The van der Waals surface area contributed by atoms with E-state index in [1.807, 2.05) is 44.2 Å². The van der Waals surface area contributed by atoms with Crippen LogP contribution in [-0.4, -0.2) is 23.6 Å². The molecule has 1 saturated heterocycles. The maximum atomic E-state index is 14.2. The lowest BCUT2D eigenvalue weighted by molar-refractivity contribution is -0.191. The molecule has 0 unspecified atom stereocenters. The van der Waals surface area contributed by atoms with Gasteiger partial charge in [0.15, 0.2) is 0 Å². The molecule has 1 fully saturated rings. The predicted molar refractivity (Wildman–Crippen MR) is 99.9 cm³/mol. The van der Waals surface area contributed by atoms with Crippen molar-refractivity contribution in [3.05, 3.63) is 47.5 Å². The van der Waals surface area contributed by atoms with E-state index in [2.05, 4.69) is 5.43 Å². The predicted octanol–water partition coefficient (Wildman–Crippen LogP) is 5.01. The van der Waals surface area contributed by atoms with Crippen molar-refractivity contribution in [3.63, 3.8) is 0 Å². The highest BCUT2D eigenvalue weighted by atomic mass is 19.4. The zero-order chi connectivity index (χ0) is 20.0. The second kappa shape index (κ2) is 6.82. The summed E-state index contributed by atoms with van der Waals surface area (Å²) in [4.78, 5) is 12.1. The van der Waals surface area contributed by atoms with E-state index < -0.39 is 17.6 Å². The number of fused-ring (bicyclic) bond motifs is 1. The molecule has 1 atom stereocenters. The summed E-state index contributed by atoms with van der Waals surface area (Å²) < 4.78 is 42.5. The Labute approximate surface area is 157 Å².